The van der Waals surface area contributed by atoms with Gasteiger partial charge in [0.2, 0.25) is 5.91 Å². The zero-order chi connectivity index (χ0) is 10.1. The first kappa shape index (κ1) is 10.9. The molecule has 1 fully saturated rings. The van der Waals surface area contributed by atoms with E-state index in [1.165, 1.54) is 0 Å². The molecule has 0 saturated carbocycles. The van der Waals surface area contributed by atoms with Crippen molar-refractivity contribution in [1.29, 1.82) is 0 Å². The van der Waals surface area contributed by atoms with Gasteiger partial charge in [-0.25, -0.2) is 0 Å². The van der Waals surface area contributed by atoms with Gasteiger partial charge in [-0.2, -0.15) is 11.8 Å². The van der Waals surface area contributed by atoms with Crippen LogP contribution in [0.15, 0.2) is 0 Å². The first-order valence-corrected chi connectivity index (χ1v) is 5.58. The maximum atomic E-state index is 11.0. The molecular formula is C9H18N2OS. The van der Waals surface area contributed by atoms with Gasteiger partial charge < -0.3 is 5.73 Å². The number of nitrogens with zero attached hydrogens (tertiary/aromatic N) is 1. The van der Waals surface area contributed by atoms with Gasteiger partial charge in [-0.05, 0) is 20.8 Å². The number of amides is 1. The van der Waals surface area contributed by atoms with Crippen molar-refractivity contribution in [2.75, 3.05) is 18.8 Å². The summed E-state index contributed by atoms with van der Waals surface area (Å²) in [7, 11) is 0. The number of carbonyl (C=O) groups excluding carboxylic acids is 1. The van der Waals surface area contributed by atoms with Crippen molar-refractivity contribution >= 4 is 17.7 Å². The summed E-state index contributed by atoms with van der Waals surface area (Å²) in [4.78, 5) is 13.1. The Bertz CT molecular complexity index is 206. The number of carbonyl (C=O) groups is 1. The normalized spacial score (nSPS) is 25.5. The average Bonchev–Trinajstić information content (AvgIpc) is 2.01. The predicted molar refractivity (Wildman–Crippen MR) is 56.8 cm³/mol. The van der Waals surface area contributed by atoms with Crippen molar-refractivity contribution in [3.8, 4) is 0 Å². The van der Waals surface area contributed by atoms with Crippen LogP contribution in [0.25, 0.3) is 0 Å². The summed E-state index contributed by atoms with van der Waals surface area (Å²) in [6, 6.07) is -0.125. The van der Waals surface area contributed by atoms with Crippen LogP contribution >= 0.6 is 11.8 Å². The van der Waals surface area contributed by atoms with Crippen LogP contribution in [-0.2, 0) is 4.79 Å². The van der Waals surface area contributed by atoms with E-state index in [-0.39, 0.29) is 16.7 Å². The number of nitrogens with two attached hydrogens (primary N) is 1. The van der Waals surface area contributed by atoms with E-state index in [2.05, 4.69) is 18.7 Å². The lowest BCUT2D eigenvalue weighted by Crippen LogP contribution is -2.51. The molecule has 1 heterocycles. The van der Waals surface area contributed by atoms with E-state index in [4.69, 9.17) is 5.73 Å². The van der Waals surface area contributed by atoms with E-state index in [9.17, 15) is 4.79 Å². The summed E-state index contributed by atoms with van der Waals surface area (Å²) < 4.78 is 0.252. The van der Waals surface area contributed by atoms with E-state index in [0.717, 1.165) is 18.8 Å². The van der Waals surface area contributed by atoms with E-state index in [1.54, 1.807) is 0 Å². The summed E-state index contributed by atoms with van der Waals surface area (Å²) in [6.45, 7) is 8.21. The Balaban J connectivity index is 2.56. The minimum absolute atomic E-state index is 0.125. The number of primary amides is 1. The highest BCUT2D eigenvalue weighted by Crippen LogP contribution is 2.30. The summed E-state index contributed by atoms with van der Waals surface area (Å²) in [5, 5.41) is 0. The van der Waals surface area contributed by atoms with E-state index in [0.29, 0.717) is 0 Å². The largest absolute Gasteiger partial charge is 0.368 e. The van der Waals surface area contributed by atoms with Gasteiger partial charge in [0.05, 0.1) is 6.04 Å². The number of thioether (sulfide) groups is 1. The highest BCUT2D eigenvalue weighted by atomic mass is 32.2. The Labute approximate surface area is 84.0 Å². The predicted octanol–water partition coefficient (Wildman–Crippen LogP) is 0.688. The lowest BCUT2D eigenvalue weighted by molar-refractivity contribution is -0.122. The molecule has 0 bridgehead atoms. The molecule has 3 nitrogen and oxygen atoms in total. The zero-order valence-electron chi connectivity index (χ0n) is 8.54. The monoisotopic (exact) mass is 202 g/mol. The highest BCUT2D eigenvalue weighted by Gasteiger charge is 2.30. The molecule has 0 aromatic rings. The molecule has 0 spiro atoms. The van der Waals surface area contributed by atoms with E-state index in [1.807, 2.05) is 18.7 Å². The Morgan fingerprint density at radius 3 is 2.69 bits per heavy atom. The summed E-state index contributed by atoms with van der Waals surface area (Å²) in [5.41, 5.74) is 5.27. The second-order valence-corrected chi connectivity index (χ2v) is 5.96. The van der Waals surface area contributed by atoms with Crippen LogP contribution < -0.4 is 5.73 Å². The van der Waals surface area contributed by atoms with Crippen LogP contribution in [0, 0.1) is 0 Å². The third-order valence-corrected chi connectivity index (χ3v) is 3.71. The third-order valence-electron chi connectivity index (χ3n) is 2.41. The Morgan fingerprint density at radius 1 is 1.62 bits per heavy atom. The molecule has 0 radical (unpaired) electrons. The molecule has 1 aliphatic rings. The lowest BCUT2D eigenvalue weighted by atomic mass is 10.1. The summed E-state index contributed by atoms with van der Waals surface area (Å²) >= 11 is 1.96. The molecule has 1 unspecified atom stereocenters. The third kappa shape index (κ3) is 2.88. The average molecular weight is 202 g/mol. The van der Waals surface area contributed by atoms with Gasteiger partial charge in [0, 0.05) is 23.6 Å². The topological polar surface area (TPSA) is 46.3 Å². The van der Waals surface area contributed by atoms with Gasteiger partial charge in [-0.3, -0.25) is 9.69 Å². The lowest BCUT2D eigenvalue weighted by Gasteiger charge is -2.39. The standard InChI is InChI=1S/C9H18N2OS/c1-7(8(10)12)11-4-5-13-9(2,3)6-11/h7H,4-6H2,1-3H3,(H2,10,12). The smallest absolute Gasteiger partial charge is 0.234 e. The molecule has 2 N–H and O–H groups in total. The first-order chi connectivity index (χ1) is 5.92. The maximum Gasteiger partial charge on any atom is 0.234 e. The van der Waals surface area contributed by atoms with Crippen LogP contribution in [0.2, 0.25) is 0 Å². The number of hydrogen-bond acceptors (Lipinski definition) is 3. The van der Waals surface area contributed by atoms with Crippen LogP contribution in [0.3, 0.4) is 0 Å². The molecule has 1 aliphatic heterocycles. The fourth-order valence-corrected chi connectivity index (χ4v) is 2.70. The van der Waals surface area contributed by atoms with Gasteiger partial charge in [0.15, 0.2) is 0 Å². The quantitative estimate of drug-likeness (QED) is 0.716. The van der Waals surface area contributed by atoms with E-state index >= 15 is 0 Å². The van der Waals surface area contributed by atoms with Crippen LogP contribution in [0.5, 0.6) is 0 Å². The molecule has 1 amide bonds. The summed E-state index contributed by atoms with van der Waals surface area (Å²) in [6.07, 6.45) is 0. The molecule has 76 valence electrons. The van der Waals surface area contributed by atoms with Crippen LogP contribution in [0.4, 0.5) is 0 Å². The fourth-order valence-electron chi connectivity index (χ4n) is 1.56. The SMILES string of the molecule is CC(C(N)=O)N1CCSC(C)(C)C1. The Morgan fingerprint density at radius 2 is 2.23 bits per heavy atom. The first-order valence-electron chi connectivity index (χ1n) is 4.60. The zero-order valence-corrected chi connectivity index (χ0v) is 9.36. The molecule has 0 aliphatic carbocycles. The molecule has 4 heteroatoms. The molecule has 1 saturated heterocycles. The van der Waals surface area contributed by atoms with Crippen LogP contribution in [0.1, 0.15) is 20.8 Å². The van der Waals surface area contributed by atoms with Gasteiger partial charge in [-0.15, -0.1) is 0 Å². The van der Waals surface area contributed by atoms with Crippen molar-refractivity contribution in [1.82, 2.24) is 4.90 Å². The van der Waals surface area contributed by atoms with Crippen molar-refractivity contribution in [3.05, 3.63) is 0 Å². The van der Waals surface area contributed by atoms with Crippen molar-refractivity contribution in [2.45, 2.75) is 31.6 Å². The Kier molecular flexibility index (Phi) is 3.24. The second kappa shape index (κ2) is 3.88. The van der Waals surface area contributed by atoms with Crippen molar-refractivity contribution in [3.63, 3.8) is 0 Å². The van der Waals surface area contributed by atoms with Crippen molar-refractivity contribution in [2.24, 2.45) is 5.73 Å². The maximum absolute atomic E-state index is 11.0. The number of hydrogen-bond donors (Lipinski definition) is 1. The number of rotatable bonds is 2. The molecule has 1 atom stereocenters. The minimum atomic E-state index is -0.220. The van der Waals surface area contributed by atoms with Crippen LogP contribution in [-0.4, -0.2) is 40.4 Å². The Hall–Kier alpha value is -0.220. The molecule has 1 rings (SSSR count). The van der Waals surface area contributed by atoms with Gasteiger partial charge in [-0.1, -0.05) is 0 Å². The molecule has 0 aromatic heterocycles. The molecule has 13 heavy (non-hydrogen) atoms. The molecule has 0 aromatic carbocycles. The highest BCUT2D eigenvalue weighted by molar-refractivity contribution is 8.00. The van der Waals surface area contributed by atoms with Gasteiger partial charge >= 0.3 is 0 Å². The fraction of sp³-hybridized carbons (Fsp3) is 0.889. The summed E-state index contributed by atoms with van der Waals surface area (Å²) in [5.74, 6) is 0.868. The van der Waals surface area contributed by atoms with E-state index < -0.39 is 0 Å². The molecular weight excluding hydrogens is 184 g/mol. The van der Waals surface area contributed by atoms with Gasteiger partial charge in [0.25, 0.3) is 0 Å². The second-order valence-electron chi connectivity index (χ2n) is 4.16. The van der Waals surface area contributed by atoms with Crippen molar-refractivity contribution < 1.29 is 4.79 Å². The minimum Gasteiger partial charge on any atom is -0.368 e. The van der Waals surface area contributed by atoms with Gasteiger partial charge in [0.1, 0.15) is 0 Å².